The minimum absolute atomic E-state index is 0.0411. The molecule has 1 aliphatic carbocycles. The van der Waals surface area contributed by atoms with Crippen molar-refractivity contribution in [3.05, 3.63) is 48.0 Å². The molecule has 0 radical (unpaired) electrons. The third kappa shape index (κ3) is 3.21. The third-order valence-corrected chi connectivity index (χ3v) is 4.52. The first-order chi connectivity index (χ1) is 11.0. The number of fused-ring (bicyclic) bond motifs is 1. The van der Waals surface area contributed by atoms with Gasteiger partial charge in [-0.25, -0.2) is 0 Å². The first-order valence-electron chi connectivity index (χ1n) is 7.98. The molecule has 120 valence electrons. The number of benzene rings is 2. The van der Waals surface area contributed by atoms with Crippen LogP contribution in [0.5, 0.6) is 0 Å². The lowest BCUT2D eigenvalue weighted by atomic mass is 10.0. The normalized spacial score (nSPS) is 19.8. The van der Waals surface area contributed by atoms with E-state index in [1.807, 2.05) is 26.0 Å². The van der Waals surface area contributed by atoms with Gasteiger partial charge in [-0.1, -0.05) is 42.5 Å². The second-order valence-electron chi connectivity index (χ2n) is 6.51. The van der Waals surface area contributed by atoms with Gasteiger partial charge in [0.05, 0.1) is 0 Å². The highest BCUT2D eigenvalue weighted by Crippen LogP contribution is 2.49. The van der Waals surface area contributed by atoms with Crippen LogP contribution >= 0.6 is 0 Å². The summed E-state index contributed by atoms with van der Waals surface area (Å²) in [6, 6.07) is 14.4. The molecule has 2 unspecified atom stereocenters. The Morgan fingerprint density at radius 2 is 1.87 bits per heavy atom. The fourth-order valence-electron chi connectivity index (χ4n) is 3.15. The van der Waals surface area contributed by atoms with E-state index >= 15 is 0 Å². The molecule has 1 N–H and O–H groups in total. The van der Waals surface area contributed by atoms with Crippen LogP contribution < -0.4 is 0 Å². The van der Waals surface area contributed by atoms with E-state index in [-0.39, 0.29) is 30.3 Å². The monoisotopic (exact) mass is 311 g/mol. The lowest BCUT2D eigenvalue weighted by molar-refractivity contribution is -0.146. The SMILES string of the molecule is CC(C)N(CC(=O)O)C(=O)C1CC1c1ccc2ccccc2c1. The number of carbonyl (C=O) groups is 2. The van der Waals surface area contributed by atoms with Crippen LogP contribution in [0.25, 0.3) is 10.8 Å². The second kappa shape index (κ2) is 6.03. The maximum Gasteiger partial charge on any atom is 0.323 e. The highest BCUT2D eigenvalue weighted by atomic mass is 16.4. The molecular formula is C19H21NO3. The Balaban J connectivity index is 1.76. The Hall–Kier alpha value is -2.36. The molecule has 3 rings (SSSR count). The van der Waals surface area contributed by atoms with Gasteiger partial charge in [0.2, 0.25) is 5.91 Å². The van der Waals surface area contributed by atoms with Gasteiger partial charge < -0.3 is 10.0 Å². The smallest absolute Gasteiger partial charge is 0.323 e. The van der Waals surface area contributed by atoms with Gasteiger partial charge in [0.1, 0.15) is 6.54 Å². The van der Waals surface area contributed by atoms with Gasteiger partial charge in [0.25, 0.3) is 0 Å². The van der Waals surface area contributed by atoms with E-state index in [9.17, 15) is 9.59 Å². The molecule has 2 aromatic rings. The van der Waals surface area contributed by atoms with E-state index in [0.29, 0.717) is 0 Å². The zero-order chi connectivity index (χ0) is 16.6. The first-order valence-corrected chi connectivity index (χ1v) is 7.98. The zero-order valence-electron chi connectivity index (χ0n) is 13.4. The van der Waals surface area contributed by atoms with Crippen molar-refractivity contribution in [3.8, 4) is 0 Å². The van der Waals surface area contributed by atoms with Crippen molar-refractivity contribution in [2.24, 2.45) is 5.92 Å². The molecule has 1 aliphatic rings. The maximum absolute atomic E-state index is 12.6. The average Bonchev–Trinajstić information content (AvgIpc) is 3.31. The molecule has 1 amide bonds. The molecule has 0 spiro atoms. The number of carbonyl (C=O) groups excluding carboxylic acids is 1. The van der Waals surface area contributed by atoms with Crippen LogP contribution in [-0.2, 0) is 9.59 Å². The van der Waals surface area contributed by atoms with E-state index in [1.165, 1.54) is 21.2 Å². The van der Waals surface area contributed by atoms with Gasteiger partial charge in [-0.15, -0.1) is 0 Å². The third-order valence-electron chi connectivity index (χ3n) is 4.52. The Morgan fingerprint density at radius 3 is 2.52 bits per heavy atom. The average molecular weight is 311 g/mol. The van der Waals surface area contributed by atoms with Gasteiger partial charge >= 0.3 is 5.97 Å². The number of hydrogen-bond donors (Lipinski definition) is 1. The summed E-state index contributed by atoms with van der Waals surface area (Å²) in [4.78, 5) is 25.0. The van der Waals surface area contributed by atoms with Gasteiger partial charge in [0.15, 0.2) is 0 Å². The van der Waals surface area contributed by atoms with Crippen molar-refractivity contribution in [3.63, 3.8) is 0 Å². The summed E-state index contributed by atoms with van der Waals surface area (Å²) in [7, 11) is 0. The fraction of sp³-hybridized carbons (Fsp3) is 0.368. The largest absolute Gasteiger partial charge is 0.480 e. The van der Waals surface area contributed by atoms with Crippen molar-refractivity contribution >= 4 is 22.6 Å². The number of nitrogens with zero attached hydrogens (tertiary/aromatic N) is 1. The number of aliphatic carboxylic acids is 1. The van der Waals surface area contributed by atoms with Gasteiger partial charge in [-0.3, -0.25) is 9.59 Å². The molecule has 0 heterocycles. The van der Waals surface area contributed by atoms with E-state index in [2.05, 4.69) is 30.3 Å². The minimum Gasteiger partial charge on any atom is -0.480 e. The van der Waals surface area contributed by atoms with E-state index in [0.717, 1.165) is 6.42 Å². The van der Waals surface area contributed by atoms with Crippen LogP contribution in [0.1, 0.15) is 31.7 Å². The van der Waals surface area contributed by atoms with Gasteiger partial charge in [-0.2, -0.15) is 0 Å². The second-order valence-corrected chi connectivity index (χ2v) is 6.51. The number of amides is 1. The molecule has 2 atom stereocenters. The molecule has 1 fully saturated rings. The zero-order valence-corrected chi connectivity index (χ0v) is 13.4. The Kier molecular flexibility index (Phi) is 4.07. The summed E-state index contributed by atoms with van der Waals surface area (Å²) in [5.74, 6) is -0.879. The number of carboxylic acid groups (broad SMARTS) is 1. The molecule has 4 nitrogen and oxygen atoms in total. The number of carboxylic acids is 1. The predicted octanol–water partition coefficient (Wildman–Crippen LogP) is 3.26. The molecule has 2 aromatic carbocycles. The van der Waals surface area contributed by atoms with Crippen molar-refractivity contribution in [2.45, 2.75) is 32.2 Å². The maximum atomic E-state index is 12.6. The minimum atomic E-state index is -0.963. The number of rotatable bonds is 5. The van der Waals surface area contributed by atoms with Crippen LogP contribution in [0.2, 0.25) is 0 Å². The molecular weight excluding hydrogens is 290 g/mol. The van der Waals surface area contributed by atoms with Crippen molar-refractivity contribution in [1.29, 1.82) is 0 Å². The van der Waals surface area contributed by atoms with Crippen LogP contribution in [0.15, 0.2) is 42.5 Å². The van der Waals surface area contributed by atoms with Gasteiger partial charge in [-0.05, 0) is 42.5 Å². The van der Waals surface area contributed by atoms with E-state index in [4.69, 9.17) is 5.11 Å². The molecule has 0 aliphatic heterocycles. The Labute approximate surface area is 135 Å². The van der Waals surface area contributed by atoms with Gasteiger partial charge in [0, 0.05) is 12.0 Å². The summed E-state index contributed by atoms with van der Waals surface area (Å²) in [6.07, 6.45) is 0.806. The molecule has 0 bridgehead atoms. The van der Waals surface area contributed by atoms with E-state index in [1.54, 1.807) is 0 Å². The Morgan fingerprint density at radius 1 is 1.17 bits per heavy atom. The molecule has 0 saturated heterocycles. The topological polar surface area (TPSA) is 57.6 Å². The first kappa shape index (κ1) is 15.5. The van der Waals surface area contributed by atoms with Crippen LogP contribution in [0.4, 0.5) is 0 Å². The lowest BCUT2D eigenvalue weighted by Gasteiger charge is -2.25. The van der Waals surface area contributed by atoms with Crippen LogP contribution in [0, 0.1) is 5.92 Å². The molecule has 4 heteroatoms. The molecule has 0 aromatic heterocycles. The van der Waals surface area contributed by atoms with E-state index < -0.39 is 5.97 Å². The lowest BCUT2D eigenvalue weighted by Crippen LogP contribution is -2.41. The summed E-state index contributed by atoms with van der Waals surface area (Å²) >= 11 is 0. The standard InChI is InChI=1S/C19H21NO3/c1-12(2)20(11-18(21)22)19(23)17-10-16(17)15-8-7-13-5-3-4-6-14(13)9-15/h3-9,12,16-17H,10-11H2,1-2H3,(H,21,22). The van der Waals surface area contributed by atoms with Crippen LogP contribution in [0.3, 0.4) is 0 Å². The number of hydrogen-bond acceptors (Lipinski definition) is 2. The Bertz CT molecular complexity index is 753. The van der Waals surface area contributed by atoms with Crippen molar-refractivity contribution in [2.75, 3.05) is 6.54 Å². The summed E-state index contributed by atoms with van der Waals surface area (Å²) < 4.78 is 0. The summed E-state index contributed by atoms with van der Waals surface area (Å²) in [5.41, 5.74) is 1.17. The van der Waals surface area contributed by atoms with Crippen molar-refractivity contribution < 1.29 is 14.7 Å². The molecule has 1 saturated carbocycles. The highest BCUT2D eigenvalue weighted by molar-refractivity contribution is 5.87. The highest BCUT2D eigenvalue weighted by Gasteiger charge is 2.46. The summed E-state index contributed by atoms with van der Waals surface area (Å²) in [5, 5.41) is 11.4. The predicted molar refractivity (Wildman–Crippen MR) is 89.3 cm³/mol. The van der Waals surface area contributed by atoms with Crippen LogP contribution in [-0.4, -0.2) is 34.5 Å². The van der Waals surface area contributed by atoms with Crippen molar-refractivity contribution in [1.82, 2.24) is 4.90 Å². The molecule has 23 heavy (non-hydrogen) atoms. The fourth-order valence-corrected chi connectivity index (χ4v) is 3.15. The summed E-state index contributed by atoms with van der Waals surface area (Å²) in [6.45, 7) is 3.49. The quantitative estimate of drug-likeness (QED) is 0.922.